The third-order valence-corrected chi connectivity index (χ3v) is 5.57. The zero-order valence-electron chi connectivity index (χ0n) is 12.2. The van der Waals surface area contributed by atoms with Crippen LogP contribution in [-0.2, 0) is 6.42 Å². The molecule has 1 N–H and O–H groups in total. The number of nitrogens with one attached hydrogen (secondary N) is 1. The van der Waals surface area contributed by atoms with Crippen molar-refractivity contribution in [3.05, 3.63) is 21.9 Å². The average molecular weight is 290 g/mol. The standard InChI is InChI=1S/C16H22N2OS/c1-3-12-7-9-16(11-17,10-8-12)18-15(19)14-6-5-13(4-2)20-14/h5-6,12H,3-4,7-10H2,1-2H3,(H,18,19). The highest BCUT2D eigenvalue weighted by Crippen LogP contribution is 2.33. The summed E-state index contributed by atoms with van der Waals surface area (Å²) >= 11 is 1.52. The van der Waals surface area contributed by atoms with Crippen LogP contribution >= 0.6 is 11.3 Å². The second kappa shape index (κ2) is 6.41. The lowest BCUT2D eigenvalue weighted by atomic mass is 9.76. The lowest BCUT2D eigenvalue weighted by molar-refractivity contribution is 0.0895. The van der Waals surface area contributed by atoms with E-state index >= 15 is 0 Å². The molecule has 1 aliphatic rings. The van der Waals surface area contributed by atoms with Crippen LogP contribution in [0.4, 0.5) is 0 Å². The van der Waals surface area contributed by atoms with Crippen molar-refractivity contribution in [3.8, 4) is 6.07 Å². The van der Waals surface area contributed by atoms with Gasteiger partial charge in [0.25, 0.3) is 5.91 Å². The monoisotopic (exact) mass is 290 g/mol. The van der Waals surface area contributed by atoms with E-state index in [-0.39, 0.29) is 5.91 Å². The van der Waals surface area contributed by atoms with Gasteiger partial charge in [-0.05, 0) is 50.2 Å². The van der Waals surface area contributed by atoms with Crippen LogP contribution in [0, 0.1) is 17.2 Å². The molecule has 0 aromatic carbocycles. The van der Waals surface area contributed by atoms with Crippen molar-refractivity contribution in [2.45, 2.75) is 57.9 Å². The normalized spacial score (nSPS) is 25.9. The molecule has 1 aliphatic carbocycles. The first-order valence-corrected chi connectivity index (χ1v) is 8.26. The van der Waals surface area contributed by atoms with Gasteiger partial charge >= 0.3 is 0 Å². The molecule has 1 amide bonds. The summed E-state index contributed by atoms with van der Waals surface area (Å²) in [5, 5.41) is 12.5. The largest absolute Gasteiger partial charge is 0.333 e. The van der Waals surface area contributed by atoms with Gasteiger partial charge < -0.3 is 5.32 Å². The summed E-state index contributed by atoms with van der Waals surface area (Å²) in [6, 6.07) is 6.21. The molecule has 0 saturated heterocycles. The van der Waals surface area contributed by atoms with Crippen LogP contribution < -0.4 is 5.32 Å². The van der Waals surface area contributed by atoms with E-state index < -0.39 is 5.54 Å². The van der Waals surface area contributed by atoms with Crippen LogP contribution in [0.3, 0.4) is 0 Å². The number of hydrogen-bond donors (Lipinski definition) is 1. The minimum Gasteiger partial charge on any atom is -0.333 e. The van der Waals surface area contributed by atoms with Gasteiger partial charge in [-0.25, -0.2) is 0 Å². The minimum atomic E-state index is -0.654. The molecule has 0 atom stereocenters. The summed E-state index contributed by atoms with van der Waals surface area (Å²) in [6.45, 7) is 4.27. The molecule has 3 nitrogen and oxygen atoms in total. The van der Waals surface area contributed by atoms with Gasteiger partial charge in [-0.2, -0.15) is 5.26 Å². The van der Waals surface area contributed by atoms with E-state index in [4.69, 9.17) is 0 Å². The number of hydrogen-bond acceptors (Lipinski definition) is 3. The van der Waals surface area contributed by atoms with E-state index in [1.807, 2.05) is 12.1 Å². The molecule has 0 unspecified atom stereocenters. The quantitative estimate of drug-likeness (QED) is 0.914. The molecule has 2 rings (SSSR count). The van der Waals surface area contributed by atoms with E-state index in [1.54, 1.807) is 0 Å². The molecular formula is C16H22N2OS. The highest BCUT2D eigenvalue weighted by atomic mass is 32.1. The van der Waals surface area contributed by atoms with Gasteiger partial charge in [0.2, 0.25) is 0 Å². The molecule has 0 radical (unpaired) electrons. The number of carbonyl (C=O) groups excluding carboxylic acids is 1. The third kappa shape index (κ3) is 3.21. The van der Waals surface area contributed by atoms with Crippen LogP contribution in [0.5, 0.6) is 0 Å². The third-order valence-electron chi connectivity index (χ3n) is 4.34. The lowest BCUT2D eigenvalue weighted by Crippen LogP contribution is -2.49. The molecule has 0 bridgehead atoms. The fraction of sp³-hybridized carbons (Fsp3) is 0.625. The van der Waals surface area contributed by atoms with Gasteiger partial charge in [0, 0.05) is 4.88 Å². The highest BCUT2D eigenvalue weighted by Gasteiger charge is 2.36. The van der Waals surface area contributed by atoms with Crippen molar-refractivity contribution in [1.29, 1.82) is 5.26 Å². The molecule has 0 spiro atoms. The van der Waals surface area contributed by atoms with Crippen LogP contribution in [0.2, 0.25) is 0 Å². The zero-order chi connectivity index (χ0) is 14.6. The Bertz CT molecular complexity index is 507. The Labute approximate surface area is 125 Å². The van der Waals surface area contributed by atoms with Gasteiger partial charge in [-0.1, -0.05) is 20.3 Å². The minimum absolute atomic E-state index is 0.0915. The first-order chi connectivity index (χ1) is 9.62. The predicted octanol–water partition coefficient (Wildman–Crippen LogP) is 3.90. The van der Waals surface area contributed by atoms with Crippen LogP contribution in [-0.4, -0.2) is 11.4 Å². The van der Waals surface area contributed by atoms with Gasteiger partial charge in [-0.15, -0.1) is 11.3 Å². The molecule has 108 valence electrons. The van der Waals surface area contributed by atoms with Gasteiger partial charge in [0.05, 0.1) is 10.9 Å². The Hall–Kier alpha value is -1.34. The average Bonchev–Trinajstić information content (AvgIpc) is 2.97. The first kappa shape index (κ1) is 15.1. The maximum Gasteiger partial charge on any atom is 0.262 e. The Kier molecular flexibility index (Phi) is 4.82. The number of carbonyl (C=O) groups is 1. The van der Waals surface area contributed by atoms with Gasteiger partial charge in [0.1, 0.15) is 5.54 Å². The summed E-state index contributed by atoms with van der Waals surface area (Å²) in [6.07, 6.45) is 5.74. The van der Waals surface area contributed by atoms with Crippen LogP contribution in [0.15, 0.2) is 12.1 Å². The van der Waals surface area contributed by atoms with Crippen molar-refractivity contribution >= 4 is 17.2 Å². The smallest absolute Gasteiger partial charge is 0.262 e. The first-order valence-electron chi connectivity index (χ1n) is 7.45. The van der Waals surface area contributed by atoms with Gasteiger partial charge in [0.15, 0.2) is 0 Å². The zero-order valence-corrected chi connectivity index (χ0v) is 13.1. The number of thiophene rings is 1. The topological polar surface area (TPSA) is 52.9 Å². The SMILES string of the molecule is CCc1ccc(C(=O)NC2(C#N)CCC(CC)CC2)s1. The number of amides is 1. The summed E-state index contributed by atoms with van der Waals surface area (Å²) in [7, 11) is 0. The summed E-state index contributed by atoms with van der Waals surface area (Å²) in [5.74, 6) is 0.619. The highest BCUT2D eigenvalue weighted by molar-refractivity contribution is 7.14. The van der Waals surface area contributed by atoms with E-state index in [0.29, 0.717) is 10.8 Å². The van der Waals surface area contributed by atoms with Crippen molar-refractivity contribution in [2.75, 3.05) is 0 Å². The fourth-order valence-electron chi connectivity index (χ4n) is 2.81. The van der Waals surface area contributed by atoms with E-state index in [1.165, 1.54) is 22.6 Å². The second-order valence-electron chi connectivity index (χ2n) is 5.62. The lowest BCUT2D eigenvalue weighted by Gasteiger charge is -2.35. The van der Waals surface area contributed by atoms with E-state index in [9.17, 15) is 10.1 Å². The van der Waals surface area contributed by atoms with Crippen molar-refractivity contribution in [2.24, 2.45) is 5.92 Å². The van der Waals surface area contributed by atoms with Crippen molar-refractivity contribution in [3.63, 3.8) is 0 Å². The second-order valence-corrected chi connectivity index (χ2v) is 6.79. The number of rotatable bonds is 4. The summed E-state index contributed by atoms with van der Waals surface area (Å²) in [4.78, 5) is 14.2. The van der Waals surface area contributed by atoms with Crippen LogP contribution in [0.1, 0.15) is 60.5 Å². The van der Waals surface area contributed by atoms with Crippen molar-refractivity contribution in [1.82, 2.24) is 5.32 Å². The molecule has 1 aromatic rings. The fourth-order valence-corrected chi connectivity index (χ4v) is 3.65. The number of aryl methyl sites for hydroxylation is 1. The number of nitrogens with zero attached hydrogens (tertiary/aromatic N) is 1. The molecule has 1 saturated carbocycles. The Morgan fingerprint density at radius 2 is 2.15 bits per heavy atom. The van der Waals surface area contributed by atoms with Crippen molar-refractivity contribution < 1.29 is 4.79 Å². The maximum atomic E-state index is 12.3. The Balaban J connectivity index is 2.03. The molecule has 1 heterocycles. The molecule has 4 heteroatoms. The summed E-state index contributed by atoms with van der Waals surface area (Å²) in [5.41, 5.74) is -0.654. The Morgan fingerprint density at radius 1 is 1.45 bits per heavy atom. The molecule has 1 fully saturated rings. The Morgan fingerprint density at radius 3 is 2.65 bits per heavy atom. The van der Waals surface area contributed by atoms with Crippen LogP contribution in [0.25, 0.3) is 0 Å². The summed E-state index contributed by atoms with van der Waals surface area (Å²) < 4.78 is 0. The maximum absolute atomic E-state index is 12.3. The number of nitriles is 1. The van der Waals surface area contributed by atoms with E-state index in [2.05, 4.69) is 25.2 Å². The molecular weight excluding hydrogens is 268 g/mol. The van der Waals surface area contributed by atoms with E-state index in [0.717, 1.165) is 32.1 Å². The predicted molar refractivity (Wildman–Crippen MR) is 81.8 cm³/mol. The molecule has 1 aromatic heterocycles. The molecule has 20 heavy (non-hydrogen) atoms. The molecule has 0 aliphatic heterocycles. The van der Waals surface area contributed by atoms with Gasteiger partial charge in [-0.3, -0.25) is 4.79 Å².